The fourth-order valence-electron chi connectivity index (χ4n) is 2.55. The van der Waals surface area contributed by atoms with Crippen LogP contribution in [0, 0.1) is 12.7 Å². The number of aliphatic carboxylic acids is 1. The Morgan fingerprint density at radius 3 is 2.92 bits per heavy atom. The maximum atomic E-state index is 14.0. The van der Waals surface area contributed by atoms with Gasteiger partial charge in [0, 0.05) is 22.6 Å². The number of nitrogens with one attached hydrogen (secondary N) is 1. The molecule has 0 amide bonds. The molecule has 0 aliphatic carbocycles. The van der Waals surface area contributed by atoms with Gasteiger partial charge in [-0.1, -0.05) is 28.1 Å². The van der Waals surface area contributed by atoms with Gasteiger partial charge in [0.05, 0.1) is 5.57 Å². The van der Waals surface area contributed by atoms with Crippen LogP contribution in [0.3, 0.4) is 0 Å². The van der Waals surface area contributed by atoms with Crippen LogP contribution in [0.25, 0.3) is 0 Å². The molecule has 0 radical (unpaired) electrons. The number of hydrogen-bond donors (Lipinski definition) is 2. The zero-order chi connectivity index (χ0) is 17.3. The lowest BCUT2D eigenvalue weighted by molar-refractivity contribution is -0.133. The highest BCUT2D eigenvalue weighted by atomic mass is 79.9. The summed E-state index contributed by atoms with van der Waals surface area (Å²) in [4.78, 5) is 20.5. The molecule has 0 saturated heterocycles. The number of rotatable bonds is 4. The molecular formula is C16H13BrFN3O2S. The van der Waals surface area contributed by atoms with Crippen LogP contribution < -0.4 is 5.32 Å². The van der Waals surface area contributed by atoms with Gasteiger partial charge in [-0.3, -0.25) is 4.99 Å². The highest BCUT2D eigenvalue weighted by Gasteiger charge is 2.32. The average Bonchev–Trinajstić information content (AvgIpc) is 3.10. The Hall–Kier alpha value is -2.06. The van der Waals surface area contributed by atoms with Crippen LogP contribution in [0.1, 0.15) is 22.2 Å². The molecule has 2 heterocycles. The molecule has 1 aromatic heterocycles. The highest BCUT2D eigenvalue weighted by Crippen LogP contribution is 2.34. The van der Waals surface area contributed by atoms with Crippen molar-refractivity contribution < 1.29 is 14.3 Å². The van der Waals surface area contributed by atoms with Crippen molar-refractivity contribution in [1.82, 2.24) is 10.3 Å². The SMILES string of the molecule is Cc1c(F)cccc1[C@@H]1N=C(c2nccs2)NC(CBr)=C1C(=O)O. The smallest absolute Gasteiger partial charge is 0.335 e. The quantitative estimate of drug-likeness (QED) is 0.758. The van der Waals surface area contributed by atoms with E-state index in [4.69, 9.17) is 0 Å². The van der Waals surface area contributed by atoms with E-state index in [-0.39, 0.29) is 11.4 Å². The number of nitrogens with zero attached hydrogens (tertiary/aromatic N) is 2. The first-order chi connectivity index (χ1) is 11.5. The molecule has 0 saturated carbocycles. The summed E-state index contributed by atoms with van der Waals surface area (Å²) >= 11 is 4.71. The largest absolute Gasteiger partial charge is 0.478 e. The Labute approximate surface area is 150 Å². The van der Waals surface area contributed by atoms with E-state index in [1.807, 2.05) is 5.38 Å². The average molecular weight is 410 g/mol. The highest BCUT2D eigenvalue weighted by molar-refractivity contribution is 9.09. The maximum absolute atomic E-state index is 14.0. The molecule has 3 rings (SSSR count). The first-order valence-corrected chi connectivity index (χ1v) is 9.05. The lowest BCUT2D eigenvalue weighted by Gasteiger charge is -2.26. The number of alkyl halides is 1. The van der Waals surface area contributed by atoms with Crippen LogP contribution in [0.4, 0.5) is 4.39 Å². The van der Waals surface area contributed by atoms with Crippen LogP contribution in [0.2, 0.25) is 0 Å². The zero-order valence-corrected chi connectivity index (χ0v) is 15.0. The summed E-state index contributed by atoms with van der Waals surface area (Å²) in [6.45, 7) is 1.62. The van der Waals surface area contributed by atoms with E-state index in [0.717, 1.165) is 0 Å². The van der Waals surface area contributed by atoms with Crippen LogP contribution in [0.15, 0.2) is 46.0 Å². The number of aliphatic imine (C=N–C) groups is 1. The number of carboxylic acid groups (broad SMARTS) is 1. The minimum absolute atomic E-state index is 0.0980. The van der Waals surface area contributed by atoms with Gasteiger partial charge < -0.3 is 10.4 Å². The Balaban J connectivity index is 2.19. The normalized spacial score (nSPS) is 17.5. The first-order valence-electron chi connectivity index (χ1n) is 7.05. The zero-order valence-electron chi connectivity index (χ0n) is 12.6. The van der Waals surface area contributed by atoms with E-state index >= 15 is 0 Å². The van der Waals surface area contributed by atoms with Crippen LogP contribution in [-0.4, -0.2) is 27.2 Å². The molecule has 2 aromatic rings. The monoisotopic (exact) mass is 409 g/mol. The summed E-state index contributed by atoms with van der Waals surface area (Å²) in [6.07, 6.45) is 1.65. The first kappa shape index (κ1) is 16.8. The standard InChI is InChI=1S/C16H13BrFN3O2S/c1-8-9(3-2-4-10(8)18)13-12(16(22)23)11(7-17)20-14(21-13)15-19-5-6-24-15/h2-6,13H,7H2,1H3,(H,20,21)(H,22,23)/t13-/m0/s1. The number of benzene rings is 1. The van der Waals surface area contributed by atoms with Gasteiger partial charge in [0.1, 0.15) is 11.9 Å². The summed E-state index contributed by atoms with van der Waals surface area (Å²) < 4.78 is 14.0. The number of carboxylic acids is 1. The maximum Gasteiger partial charge on any atom is 0.335 e. The predicted molar refractivity (Wildman–Crippen MR) is 94.1 cm³/mol. The van der Waals surface area contributed by atoms with Crippen molar-refractivity contribution in [3.8, 4) is 0 Å². The third kappa shape index (κ3) is 2.99. The fourth-order valence-corrected chi connectivity index (χ4v) is 3.58. The lowest BCUT2D eigenvalue weighted by Crippen LogP contribution is -2.34. The Bertz CT molecular complexity index is 849. The number of thiazole rings is 1. The fraction of sp³-hybridized carbons (Fsp3) is 0.188. The van der Waals surface area contributed by atoms with Crippen LogP contribution >= 0.6 is 27.3 Å². The third-order valence-electron chi connectivity index (χ3n) is 3.73. The van der Waals surface area contributed by atoms with Gasteiger partial charge in [-0.15, -0.1) is 11.3 Å². The molecule has 1 aliphatic rings. The molecule has 24 heavy (non-hydrogen) atoms. The molecule has 0 fully saturated rings. The number of carbonyl (C=O) groups is 1. The van der Waals surface area contributed by atoms with Crippen molar-refractivity contribution in [2.75, 3.05) is 5.33 Å². The van der Waals surface area contributed by atoms with Gasteiger partial charge in [0.25, 0.3) is 0 Å². The van der Waals surface area contributed by atoms with E-state index < -0.39 is 12.0 Å². The minimum atomic E-state index is -1.09. The number of amidine groups is 1. The van der Waals surface area contributed by atoms with E-state index in [1.54, 1.807) is 25.3 Å². The Kier molecular flexibility index (Phi) is 4.77. The second-order valence-electron chi connectivity index (χ2n) is 5.13. The number of allylic oxidation sites excluding steroid dienone is 1. The van der Waals surface area contributed by atoms with Crippen LogP contribution in [-0.2, 0) is 4.79 Å². The van der Waals surface area contributed by atoms with Gasteiger partial charge in [0.15, 0.2) is 10.8 Å². The minimum Gasteiger partial charge on any atom is -0.478 e. The molecule has 1 aromatic carbocycles. The Morgan fingerprint density at radius 1 is 1.50 bits per heavy atom. The molecule has 1 atom stereocenters. The van der Waals surface area contributed by atoms with Gasteiger partial charge in [-0.2, -0.15) is 0 Å². The number of halogens is 2. The van der Waals surface area contributed by atoms with E-state index in [0.29, 0.717) is 33.0 Å². The van der Waals surface area contributed by atoms with Crippen LogP contribution in [0.5, 0.6) is 0 Å². The molecule has 0 spiro atoms. The molecular weight excluding hydrogens is 397 g/mol. The van der Waals surface area contributed by atoms with Crippen molar-refractivity contribution >= 4 is 39.1 Å². The van der Waals surface area contributed by atoms with Crippen molar-refractivity contribution in [2.45, 2.75) is 13.0 Å². The molecule has 5 nitrogen and oxygen atoms in total. The topological polar surface area (TPSA) is 74.6 Å². The van der Waals surface area contributed by atoms with Gasteiger partial charge in [0.2, 0.25) is 0 Å². The Morgan fingerprint density at radius 2 is 2.29 bits per heavy atom. The molecule has 0 bridgehead atoms. The molecule has 8 heteroatoms. The van der Waals surface area contributed by atoms with E-state index in [2.05, 4.69) is 31.2 Å². The summed E-state index contributed by atoms with van der Waals surface area (Å²) in [6, 6.07) is 3.81. The summed E-state index contributed by atoms with van der Waals surface area (Å²) in [5.41, 5.74) is 1.50. The van der Waals surface area contributed by atoms with Crippen molar-refractivity contribution in [3.05, 3.63) is 63.0 Å². The predicted octanol–water partition coefficient (Wildman–Crippen LogP) is 3.42. The molecule has 124 valence electrons. The third-order valence-corrected chi connectivity index (χ3v) is 5.07. The summed E-state index contributed by atoms with van der Waals surface area (Å²) in [7, 11) is 0. The van der Waals surface area contributed by atoms with Gasteiger partial charge in [-0.25, -0.2) is 14.2 Å². The van der Waals surface area contributed by atoms with Gasteiger partial charge >= 0.3 is 5.97 Å². The van der Waals surface area contributed by atoms with E-state index in [1.165, 1.54) is 17.4 Å². The van der Waals surface area contributed by atoms with Gasteiger partial charge in [-0.05, 0) is 24.1 Å². The summed E-state index contributed by atoms with van der Waals surface area (Å²) in [5, 5.41) is 15.5. The van der Waals surface area contributed by atoms with E-state index in [9.17, 15) is 14.3 Å². The number of aromatic nitrogens is 1. The molecule has 2 N–H and O–H groups in total. The van der Waals surface area contributed by atoms with Crippen molar-refractivity contribution in [2.24, 2.45) is 4.99 Å². The second-order valence-corrected chi connectivity index (χ2v) is 6.58. The van der Waals surface area contributed by atoms with Crippen molar-refractivity contribution in [1.29, 1.82) is 0 Å². The molecule has 1 aliphatic heterocycles. The second kappa shape index (κ2) is 6.82. The number of hydrogen-bond acceptors (Lipinski definition) is 5. The summed E-state index contributed by atoms with van der Waals surface area (Å²) in [5.74, 6) is -0.993. The van der Waals surface area contributed by atoms with Crippen molar-refractivity contribution in [3.63, 3.8) is 0 Å². The molecule has 0 unspecified atom stereocenters. The lowest BCUT2D eigenvalue weighted by atomic mass is 9.92.